The molecule has 5 heteroatoms. The molecule has 0 aromatic heterocycles. The first-order valence-electron chi connectivity index (χ1n) is 5.87. The lowest BCUT2D eigenvalue weighted by Gasteiger charge is -2.18. The van der Waals surface area contributed by atoms with E-state index in [1.165, 1.54) is 14.2 Å². The molecule has 0 amide bonds. The maximum Gasteiger partial charge on any atom is 0.337 e. The lowest BCUT2D eigenvalue weighted by molar-refractivity contribution is 0.0601. The summed E-state index contributed by atoms with van der Waals surface area (Å²) >= 11 is 0. The van der Waals surface area contributed by atoms with E-state index >= 15 is 0 Å². The van der Waals surface area contributed by atoms with Crippen molar-refractivity contribution in [2.75, 3.05) is 26.5 Å². The van der Waals surface area contributed by atoms with Gasteiger partial charge >= 0.3 is 5.97 Å². The SMILES string of the molecule is CCP(=O)(CC)c1cc(C(=O)OC)ccc1OC. The van der Waals surface area contributed by atoms with E-state index in [0.717, 1.165) is 0 Å². The quantitative estimate of drug-likeness (QED) is 0.609. The van der Waals surface area contributed by atoms with E-state index < -0.39 is 13.1 Å². The van der Waals surface area contributed by atoms with Crippen molar-refractivity contribution in [3.8, 4) is 5.75 Å². The molecule has 0 heterocycles. The number of esters is 1. The molecule has 1 aromatic rings. The first-order chi connectivity index (χ1) is 8.52. The predicted molar refractivity (Wildman–Crippen MR) is 72.7 cm³/mol. The highest BCUT2D eigenvalue weighted by atomic mass is 31.2. The Morgan fingerprint density at radius 2 is 1.83 bits per heavy atom. The van der Waals surface area contributed by atoms with Crippen LogP contribution < -0.4 is 10.0 Å². The third kappa shape index (κ3) is 2.75. The van der Waals surface area contributed by atoms with Gasteiger partial charge in [0.25, 0.3) is 0 Å². The van der Waals surface area contributed by atoms with Crippen LogP contribution in [0, 0.1) is 0 Å². The van der Waals surface area contributed by atoms with Gasteiger partial charge in [0.2, 0.25) is 0 Å². The molecule has 18 heavy (non-hydrogen) atoms. The molecule has 0 fully saturated rings. The summed E-state index contributed by atoms with van der Waals surface area (Å²) in [6.45, 7) is 3.77. The van der Waals surface area contributed by atoms with Crippen molar-refractivity contribution in [1.29, 1.82) is 0 Å². The molecule has 0 saturated carbocycles. The summed E-state index contributed by atoms with van der Waals surface area (Å²) in [7, 11) is 0.361. The summed E-state index contributed by atoms with van der Waals surface area (Å²) in [5.74, 6) is 0.132. The largest absolute Gasteiger partial charge is 0.496 e. The van der Waals surface area contributed by atoms with Crippen molar-refractivity contribution in [2.24, 2.45) is 0 Å². The number of methoxy groups -OCH3 is 2. The number of benzene rings is 1. The zero-order chi connectivity index (χ0) is 13.8. The van der Waals surface area contributed by atoms with Crippen molar-refractivity contribution >= 4 is 18.4 Å². The Balaban J connectivity index is 3.39. The van der Waals surface area contributed by atoms with Gasteiger partial charge in [0.15, 0.2) is 0 Å². The van der Waals surface area contributed by atoms with Crippen molar-refractivity contribution in [3.63, 3.8) is 0 Å². The molecule has 0 aliphatic heterocycles. The van der Waals surface area contributed by atoms with Crippen molar-refractivity contribution in [1.82, 2.24) is 0 Å². The van der Waals surface area contributed by atoms with E-state index in [2.05, 4.69) is 4.74 Å². The molecule has 1 rings (SSSR count). The standard InChI is InChI=1S/C13H19O4P/c1-5-18(15,6-2)12-9-10(13(14)17-4)7-8-11(12)16-3/h7-9H,5-6H2,1-4H3. The number of carbonyl (C=O) groups is 1. The van der Waals surface area contributed by atoms with Gasteiger partial charge in [-0.3, -0.25) is 0 Å². The van der Waals surface area contributed by atoms with Crippen molar-refractivity contribution in [3.05, 3.63) is 23.8 Å². The Hall–Kier alpha value is -1.28. The second-order valence-electron chi connectivity index (χ2n) is 3.90. The minimum absolute atomic E-state index is 0.399. The van der Waals surface area contributed by atoms with Gasteiger partial charge in [0.1, 0.15) is 12.9 Å². The predicted octanol–water partition coefficient (Wildman–Crippen LogP) is 2.51. The smallest absolute Gasteiger partial charge is 0.337 e. The zero-order valence-electron chi connectivity index (χ0n) is 11.2. The number of hydrogen-bond donors (Lipinski definition) is 0. The Kier molecular flexibility index (Phi) is 4.97. The molecule has 0 bridgehead atoms. The first-order valence-corrected chi connectivity index (χ1v) is 7.95. The van der Waals surface area contributed by atoms with Gasteiger partial charge < -0.3 is 14.0 Å². The van der Waals surface area contributed by atoms with E-state index in [1.807, 2.05) is 13.8 Å². The third-order valence-electron chi connectivity index (χ3n) is 3.06. The molecule has 0 N–H and O–H groups in total. The summed E-state index contributed by atoms with van der Waals surface area (Å²) in [5, 5.41) is 0.623. The summed E-state index contributed by atoms with van der Waals surface area (Å²) in [5.41, 5.74) is 0.399. The number of ether oxygens (including phenoxy) is 2. The minimum Gasteiger partial charge on any atom is -0.496 e. The highest BCUT2D eigenvalue weighted by molar-refractivity contribution is 7.71. The first kappa shape index (κ1) is 14.8. The van der Waals surface area contributed by atoms with Gasteiger partial charge in [-0.15, -0.1) is 0 Å². The highest BCUT2D eigenvalue weighted by Crippen LogP contribution is 2.46. The third-order valence-corrected chi connectivity index (χ3v) is 6.33. The van der Waals surface area contributed by atoms with Crippen LogP contribution in [0.15, 0.2) is 18.2 Å². The normalized spacial score (nSPS) is 11.1. The van der Waals surface area contributed by atoms with Gasteiger partial charge in [0.05, 0.1) is 25.1 Å². The minimum atomic E-state index is -2.50. The van der Waals surface area contributed by atoms with Crippen LogP contribution in [0.2, 0.25) is 0 Å². The maximum absolute atomic E-state index is 12.8. The zero-order valence-corrected chi connectivity index (χ0v) is 12.1. The van der Waals surface area contributed by atoms with Crippen LogP contribution in [0.4, 0.5) is 0 Å². The second kappa shape index (κ2) is 6.05. The van der Waals surface area contributed by atoms with Crippen LogP contribution in [-0.4, -0.2) is 32.5 Å². The highest BCUT2D eigenvalue weighted by Gasteiger charge is 2.25. The molecular weight excluding hydrogens is 251 g/mol. The summed E-state index contributed by atoms with van der Waals surface area (Å²) in [6, 6.07) is 4.90. The monoisotopic (exact) mass is 270 g/mol. The summed E-state index contributed by atoms with van der Waals surface area (Å²) in [6.07, 6.45) is 1.09. The van der Waals surface area contributed by atoms with Crippen LogP contribution in [0.1, 0.15) is 24.2 Å². The lowest BCUT2D eigenvalue weighted by atomic mass is 10.2. The average molecular weight is 270 g/mol. The average Bonchev–Trinajstić information content (AvgIpc) is 2.44. The molecule has 0 aliphatic carbocycles. The van der Waals surface area contributed by atoms with Crippen LogP contribution >= 0.6 is 7.14 Å². The van der Waals surface area contributed by atoms with E-state index in [4.69, 9.17) is 4.74 Å². The summed E-state index contributed by atoms with van der Waals surface area (Å²) in [4.78, 5) is 11.5. The topological polar surface area (TPSA) is 52.6 Å². The van der Waals surface area contributed by atoms with Gasteiger partial charge in [-0.2, -0.15) is 0 Å². The molecule has 100 valence electrons. The fourth-order valence-electron chi connectivity index (χ4n) is 1.82. The fourth-order valence-corrected chi connectivity index (χ4v) is 3.89. The fraction of sp³-hybridized carbons (Fsp3) is 0.462. The Labute approximate surface area is 108 Å². The number of carbonyl (C=O) groups excluding carboxylic acids is 1. The van der Waals surface area contributed by atoms with E-state index in [-0.39, 0.29) is 0 Å². The van der Waals surface area contributed by atoms with Gasteiger partial charge in [-0.1, -0.05) is 13.8 Å². The van der Waals surface area contributed by atoms with Gasteiger partial charge in [-0.05, 0) is 18.2 Å². The Morgan fingerprint density at radius 1 is 1.22 bits per heavy atom. The molecule has 0 radical (unpaired) electrons. The molecule has 0 unspecified atom stereocenters. The van der Waals surface area contributed by atoms with Gasteiger partial charge in [-0.25, -0.2) is 4.79 Å². The van der Waals surface area contributed by atoms with E-state index in [9.17, 15) is 9.36 Å². The number of rotatable bonds is 5. The molecule has 0 spiro atoms. The van der Waals surface area contributed by atoms with E-state index in [1.54, 1.807) is 18.2 Å². The van der Waals surface area contributed by atoms with Crippen molar-refractivity contribution in [2.45, 2.75) is 13.8 Å². The Morgan fingerprint density at radius 3 is 2.28 bits per heavy atom. The molecule has 0 saturated heterocycles. The second-order valence-corrected chi connectivity index (χ2v) is 7.43. The van der Waals surface area contributed by atoms with Crippen LogP contribution in [0.3, 0.4) is 0 Å². The molecule has 4 nitrogen and oxygen atoms in total. The summed E-state index contributed by atoms with van der Waals surface area (Å²) < 4.78 is 22.7. The van der Waals surface area contributed by atoms with Gasteiger partial charge in [0, 0.05) is 12.3 Å². The molecule has 1 aromatic carbocycles. The number of hydrogen-bond acceptors (Lipinski definition) is 4. The molecular formula is C13H19O4P. The lowest BCUT2D eigenvalue weighted by Crippen LogP contribution is -2.15. The van der Waals surface area contributed by atoms with E-state index in [0.29, 0.717) is 28.9 Å². The molecule has 0 aliphatic rings. The molecule has 0 atom stereocenters. The van der Waals surface area contributed by atoms with Crippen LogP contribution in [0.25, 0.3) is 0 Å². The Bertz CT molecular complexity index is 474. The van der Waals surface area contributed by atoms with Crippen LogP contribution in [-0.2, 0) is 9.30 Å². The maximum atomic E-state index is 12.8. The van der Waals surface area contributed by atoms with Crippen molar-refractivity contribution < 1.29 is 18.8 Å². The van der Waals surface area contributed by atoms with Crippen LogP contribution in [0.5, 0.6) is 5.75 Å².